The molecule has 0 bridgehead atoms. The summed E-state index contributed by atoms with van der Waals surface area (Å²) >= 11 is 6.22. The van der Waals surface area contributed by atoms with Crippen molar-refractivity contribution < 1.29 is 4.79 Å². The van der Waals surface area contributed by atoms with Crippen LogP contribution in [0.4, 0.5) is 0 Å². The molecule has 1 aromatic carbocycles. The fourth-order valence-corrected chi connectivity index (χ4v) is 2.98. The summed E-state index contributed by atoms with van der Waals surface area (Å²) in [6.45, 7) is 3.77. The summed E-state index contributed by atoms with van der Waals surface area (Å²) in [6, 6.07) is 5.29. The third kappa shape index (κ3) is 3.95. The van der Waals surface area contributed by atoms with Crippen molar-refractivity contribution in [2.75, 3.05) is 19.6 Å². The number of halogens is 1. The zero-order valence-electron chi connectivity index (χ0n) is 11.6. The number of likely N-dealkylation sites (tertiary alicyclic amines) is 1. The molecule has 1 aromatic rings. The molecule has 1 saturated heterocycles. The molecule has 0 aliphatic carbocycles. The molecule has 2 rings (SSSR count). The fourth-order valence-electron chi connectivity index (χ4n) is 2.74. The van der Waals surface area contributed by atoms with Gasteiger partial charge < -0.3 is 11.5 Å². The molecule has 1 amide bonds. The molecule has 0 radical (unpaired) electrons. The second-order valence-electron chi connectivity index (χ2n) is 5.47. The van der Waals surface area contributed by atoms with Gasteiger partial charge in [-0.1, -0.05) is 17.7 Å². The number of rotatable bonds is 5. The zero-order chi connectivity index (χ0) is 14.5. The molecular formula is C15H22ClN3O. The summed E-state index contributed by atoms with van der Waals surface area (Å²) in [6.07, 6.45) is 3.53. The van der Waals surface area contributed by atoms with Crippen LogP contribution in [0.1, 0.15) is 35.2 Å². The Labute approximate surface area is 125 Å². The smallest absolute Gasteiger partial charge is 0.248 e. The van der Waals surface area contributed by atoms with Gasteiger partial charge >= 0.3 is 0 Å². The largest absolute Gasteiger partial charge is 0.366 e. The SMILES string of the molecule is NCCC1CCN(Cc2ccc(C(N)=O)cc2Cl)CC1. The molecule has 0 unspecified atom stereocenters. The lowest BCUT2D eigenvalue weighted by molar-refractivity contribution is 0.1000. The average molecular weight is 296 g/mol. The molecule has 1 aliphatic heterocycles. The zero-order valence-corrected chi connectivity index (χ0v) is 12.4. The second-order valence-corrected chi connectivity index (χ2v) is 5.87. The highest BCUT2D eigenvalue weighted by Gasteiger charge is 2.19. The van der Waals surface area contributed by atoms with E-state index in [1.54, 1.807) is 12.1 Å². The molecule has 0 atom stereocenters. The number of hydrogen-bond acceptors (Lipinski definition) is 3. The number of hydrogen-bond donors (Lipinski definition) is 2. The molecule has 1 aliphatic rings. The Hall–Kier alpha value is -1.10. The first-order valence-electron chi connectivity index (χ1n) is 7.11. The van der Waals surface area contributed by atoms with Gasteiger partial charge in [-0.25, -0.2) is 0 Å². The Morgan fingerprint density at radius 3 is 2.60 bits per heavy atom. The highest BCUT2D eigenvalue weighted by Crippen LogP contribution is 2.24. The maximum atomic E-state index is 11.1. The summed E-state index contributed by atoms with van der Waals surface area (Å²) in [5.74, 6) is 0.324. The predicted octanol–water partition coefficient (Wildman–Crippen LogP) is 2.00. The summed E-state index contributed by atoms with van der Waals surface area (Å²) in [4.78, 5) is 13.5. The minimum atomic E-state index is -0.443. The summed E-state index contributed by atoms with van der Waals surface area (Å²) < 4.78 is 0. The van der Waals surface area contributed by atoms with E-state index in [0.717, 1.165) is 44.1 Å². The van der Waals surface area contributed by atoms with E-state index in [1.165, 1.54) is 12.8 Å². The van der Waals surface area contributed by atoms with Crippen LogP contribution in [0.25, 0.3) is 0 Å². The van der Waals surface area contributed by atoms with E-state index in [0.29, 0.717) is 10.6 Å². The van der Waals surface area contributed by atoms with Crippen LogP contribution in [0, 0.1) is 5.92 Å². The van der Waals surface area contributed by atoms with E-state index in [-0.39, 0.29) is 0 Å². The van der Waals surface area contributed by atoms with Crippen molar-refractivity contribution in [1.82, 2.24) is 4.90 Å². The van der Waals surface area contributed by atoms with Gasteiger partial charge in [0.1, 0.15) is 0 Å². The first-order valence-corrected chi connectivity index (χ1v) is 7.48. The molecule has 1 fully saturated rings. The number of amides is 1. The van der Waals surface area contributed by atoms with Crippen molar-refractivity contribution in [3.8, 4) is 0 Å². The molecule has 0 spiro atoms. The van der Waals surface area contributed by atoms with Crippen molar-refractivity contribution in [2.45, 2.75) is 25.8 Å². The van der Waals surface area contributed by atoms with E-state index in [4.69, 9.17) is 23.1 Å². The van der Waals surface area contributed by atoms with Crippen LogP contribution < -0.4 is 11.5 Å². The minimum Gasteiger partial charge on any atom is -0.366 e. The highest BCUT2D eigenvalue weighted by molar-refractivity contribution is 6.31. The third-order valence-corrected chi connectivity index (χ3v) is 4.37. The van der Waals surface area contributed by atoms with Crippen LogP contribution >= 0.6 is 11.6 Å². The van der Waals surface area contributed by atoms with Crippen molar-refractivity contribution in [1.29, 1.82) is 0 Å². The standard InChI is InChI=1S/C15H22ClN3O/c16-14-9-12(15(18)20)1-2-13(14)10-19-7-4-11(3-6-17)5-8-19/h1-2,9,11H,3-8,10,17H2,(H2,18,20). The summed E-state index contributed by atoms with van der Waals surface area (Å²) in [5, 5.41) is 0.616. The quantitative estimate of drug-likeness (QED) is 0.873. The monoisotopic (exact) mass is 295 g/mol. The van der Waals surface area contributed by atoms with Gasteiger partial charge in [-0.15, -0.1) is 0 Å². The topological polar surface area (TPSA) is 72.3 Å². The maximum Gasteiger partial charge on any atom is 0.248 e. The van der Waals surface area contributed by atoms with E-state index in [2.05, 4.69) is 4.90 Å². The van der Waals surface area contributed by atoms with Gasteiger partial charge in [0.2, 0.25) is 5.91 Å². The first kappa shape index (κ1) is 15.3. The molecule has 110 valence electrons. The molecule has 5 heteroatoms. The second kappa shape index (κ2) is 7.07. The van der Waals surface area contributed by atoms with Gasteiger partial charge in [-0.05, 0) is 62.5 Å². The molecular weight excluding hydrogens is 274 g/mol. The van der Waals surface area contributed by atoms with Crippen molar-refractivity contribution in [3.05, 3.63) is 34.3 Å². The van der Waals surface area contributed by atoms with E-state index in [1.807, 2.05) is 6.07 Å². The lowest BCUT2D eigenvalue weighted by atomic mass is 9.93. The lowest BCUT2D eigenvalue weighted by Crippen LogP contribution is -2.33. The number of benzene rings is 1. The summed E-state index contributed by atoms with van der Waals surface area (Å²) in [7, 11) is 0. The summed E-state index contributed by atoms with van der Waals surface area (Å²) in [5.41, 5.74) is 12.4. The van der Waals surface area contributed by atoms with Crippen LogP contribution in [0.15, 0.2) is 18.2 Å². The minimum absolute atomic E-state index is 0.443. The van der Waals surface area contributed by atoms with Gasteiger partial charge in [0.15, 0.2) is 0 Å². The Bertz CT molecular complexity index is 470. The van der Waals surface area contributed by atoms with Gasteiger partial charge in [0, 0.05) is 17.1 Å². The molecule has 0 saturated carbocycles. The Morgan fingerprint density at radius 2 is 2.05 bits per heavy atom. The Balaban J connectivity index is 1.93. The van der Waals surface area contributed by atoms with Crippen LogP contribution in [0.2, 0.25) is 5.02 Å². The van der Waals surface area contributed by atoms with Crippen LogP contribution in [0.3, 0.4) is 0 Å². The van der Waals surface area contributed by atoms with Crippen LogP contribution in [-0.2, 0) is 6.54 Å². The van der Waals surface area contributed by atoms with Crippen molar-refractivity contribution in [2.24, 2.45) is 17.4 Å². The maximum absolute atomic E-state index is 11.1. The molecule has 20 heavy (non-hydrogen) atoms. The van der Waals surface area contributed by atoms with Gasteiger partial charge in [0.05, 0.1) is 0 Å². The Kier molecular flexibility index (Phi) is 5.40. The highest BCUT2D eigenvalue weighted by atomic mass is 35.5. The number of nitrogens with two attached hydrogens (primary N) is 2. The number of carbonyl (C=O) groups is 1. The lowest BCUT2D eigenvalue weighted by Gasteiger charge is -2.32. The third-order valence-electron chi connectivity index (χ3n) is 4.01. The first-order chi connectivity index (χ1) is 9.60. The van der Waals surface area contributed by atoms with E-state index >= 15 is 0 Å². The van der Waals surface area contributed by atoms with E-state index < -0.39 is 5.91 Å². The van der Waals surface area contributed by atoms with Gasteiger partial charge in [-0.2, -0.15) is 0 Å². The number of primary amides is 1. The molecule has 0 aromatic heterocycles. The normalized spacial score (nSPS) is 17.3. The van der Waals surface area contributed by atoms with Crippen molar-refractivity contribution in [3.63, 3.8) is 0 Å². The van der Waals surface area contributed by atoms with Crippen LogP contribution in [0.5, 0.6) is 0 Å². The Morgan fingerprint density at radius 1 is 1.35 bits per heavy atom. The van der Waals surface area contributed by atoms with Gasteiger partial charge in [-0.3, -0.25) is 9.69 Å². The van der Waals surface area contributed by atoms with E-state index in [9.17, 15) is 4.79 Å². The number of piperidine rings is 1. The number of carbonyl (C=O) groups excluding carboxylic acids is 1. The molecule has 4 nitrogen and oxygen atoms in total. The molecule has 4 N–H and O–H groups in total. The van der Waals surface area contributed by atoms with Gasteiger partial charge in [0.25, 0.3) is 0 Å². The fraction of sp³-hybridized carbons (Fsp3) is 0.533. The molecule has 1 heterocycles. The van der Waals surface area contributed by atoms with Crippen LogP contribution in [-0.4, -0.2) is 30.4 Å². The average Bonchev–Trinajstić information content (AvgIpc) is 2.43. The van der Waals surface area contributed by atoms with Crippen molar-refractivity contribution >= 4 is 17.5 Å². The predicted molar refractivity (Wildman–Crippen MR) is 81.6 cm³/mol. The number of nitrogens with zero attached hydrogens (tertiary/aromatic N) is 1.